The molecule has 6 heteroatoms. The van der Waals surface area contributed by atoms with E-state index in [1.54, 1.807) is 0 Å². The molecule has 0 bridgehead atoms. The first-order chi connectivity index (χ1) is 9.16. The number of amides is 1. The van der Waals surface area contributed by atoms with Gasteiger partial charge in [-0.1, -0.05) is 6.07 Å². The van der Waals surface area contributed by atoms with Gasteiger partial charge < -0.3 is 25.6 Å². The van der Waals surface area contributed by atoms with Gasteiger partial charge in [0.05, 0.1) is 13.2 Å². The molecule has 0 aliphatic carbocycles. The SMILES string of the molecule is NC(=O)C(O)CNCc1ccc2c(c1)OCCCO2. The Morgan fingerprint density at radius 1 is 1.37 bits per heavy atom. The Morgan fingerprint density at radius 2 is 2.11 bits per heavy atom. The van der Waals surface area contributed by atoms with Gasteiger partial charge in [-0.25, -0.2) is 0 Å². The molecule has 1 aliphatic heterocycles. The van der Waals surface area contributed by atoms with Crippen LogP contribution in [0.3, 0.4) is 0 Å². The molecule has 1 aromatic rings. The van der Waals surface area contributed by atoms with Crippen LogP contribution in [0.4, 0.5) is 0 Å². The standard InChI is InChI=1S/C13H18N2O4/c14-13(17)10(16)8-15-7-9-2-3-11-12(6-9)19-5-1-4-18-11/h2-3,6,10,15-16H,1,4-5,7-8H2,(H2,14,17). The number of fused-ring (bicyclic) bond motifs is 1. The number of primary amides is 1. The van der Waals surface area contributed by atoms with Crippen LogP contribution in [0, 0.1) is 0 Å². The third-order valence-electron chi connectivity index (χ3n) is 2.81. The average molecular weight is 266 g/mol. The Kier molecular flexibility index (Phi) is 4.59. The van der Waals surface area contributed by atoms with Gasteiger partial charge in [0, 0.05) is 19.5 Å². The van der Waals surface area contributed by atoms with Gasteiger partial charge in [-0.05, 0) is 17.7 Å². The van der Waals surface area contributed by atoms with Crippen molar-refractivity contribution in [2.24, 2.45) is 5.73 Å². The summed E-state index contributed by atoms with van der Waals surface area (Å²) in [6.07, 6.45) is -0.298. The van der Waals surface area contributed by atoms with Gasteiger partial charge in [0.1, 0.15) is 6.10 Å². The van der Waals surface area contributed by atoms with Crippen LogP contribution in [0.15, 0.2) is 18.2 Å². The highest BCUT2D eigenvalue weighted by Gasteiger charge is 2.12. The molecular formula is C13H18N2O4. The molecule has 6 nitrogen and oxygen atoms in total. The van der Waals surface area contributed by atoms with E-state index < -0.39 is 12.0 Å². The van der Waals surface area contributed by atoms with Crippen LogP contribution >= 0.6 is 0 Å². The first-order valence-corrected chi connectivity index (χ1v) is 6.23. The first kappa shape index (κ1) is 13.6. The van der Waals surface area contributed by atoms with E-state index in [9.17, 15) is 9.90 Å². The highest BCUT2D eigenvalue weighted by molar-refractivity contribution is 5.78. The van der Waals surface area contributed by atoms with Crippen molar-refractivity contribution in [3.63, 3.8) is 0 Å². The van der Waals surface area contributed by atoms with E-state index in [1.165, 1.54) is 0 Å². The maximum absolute atomic E-state index is 10.7. The van der Waals surface area contributed by atoms with Crippen LogP contribution in [0.1, 0.15) is 12.0 Å². The first-order valence-electron chi connectivity index (χ1n) is 6.23. The molecule has 1 amide bonds. The quantitative estimate of drug-likeness (QED) is 0.685. The van der Waals surface area contributed by atoms with Crippen molar-refractivity contribution in [1.29, 1.82) is 0 Å². The van der Waals surface area contributed by atoms with Crippen LogP contribution in [0.5, 0.6) is 11.5 Å². The molecule has 0 spiro atoms. The molecule has 0 aromatic heterocycles. The summed E-state index contributed by atoms with van der Waals surface area (Å²) in [6.45, 7) is 1.95. The number of ether oxygens (including phenoxy) is 2. The Labute approximate surface area is 111 Å². The van der Waals surface area contributed by atoms with Crippen molar-refractivity contribution < 1.29 is 19.4 Å². The number of aliphatic hydroxyl groups is 1. The second-order valence-electron chi connectivity index (χ2n) is 4.38. The number of nitrogens with one attached hydrogen (secondary N) is 1. The molecule has 0 saturated heterocycles. The minimum Gasteiger partial charge on any atom is -0.490 e. The Hall–Kier alpha value is -1.79. The molecule has 1 atom stereocenters. The van der Waals surface area contributed by atoms with E-state index in [-0.39, 0.29) is 6.54 Å². The number of benzene rings is 1. The van der Waals surface area contributed by atoms with E-state index in [0.717, 1.165) is 23.5 Å². The minimum atomic E-state index is -1.17. The summed E-state index contributed by atoms with van der Waals surface area (Å²) in [5.74, 6) is 0.747. The summed E-state index contributed by atoms with van der Waals surface area (Å²) >= 11 is 0. The minimum absolute atomic E-state index is 0.129. The van der Waals surface area contributed by atoms with Crippen LogP contribution < -0.4 is 20.5 Å². The summed E-state index contributed by atoms with van der Waals surface area (Å²) in [5, 5.41) is 12.2. The smallest absolute Gasteiger partial charge is 0.247 e. The van der Waals surface area contributed by atoms with E-state index in [0.29, 0.717) is 19.8 Å². The van der Waals surface area contributed by atoms with Crippen molar-refractivity contribution in [2.75, 3.05) is 19.8 Å². The number of carbonyl (C=O) groups is 1. The van der Waals surface area contributed by atoms with Crippen molar-refractivity contribution in [2.45, 2.75) is 19.1 Å². The average Bonchev–Trinajstić information content (AvgIpc) is 2.63. The zero-order chi connectivity index (χ0) is 13.7. The van der Waals surface area contributed by atoms with Gasteiger partial charge in [-0.2, -0.15) is 0 Å². The number of hydrogen-bond donors (Lipinski definition) is 3. The maximum Gasteiger partial charge on any atom is 0.247 e. The summed E-state index contributed by atoms with van der Waals surface area (Å²) in [5.41, 5.74) is 5.95. The molecule has 19 heavy (non-hydrogen) atoms. The number of hydrogen-bond acceptors (Lipinski definition) is 5. The Balaban J connectivity index is 1.91. The predicted octanol–water partition coefficient (Wildman–Crippen LogP) is -0.216. The monoisotopic (exact) mass is 266 g/mol. The lowest BCUT2D eigenvalue weighted by molar-refractivity contribution is -0.125. The number of nitrogens with two attached hydrogens (primary N) is 1. The van der Waals surface area contributed by atoms with Crippen molar-refractivity contribution in [1.82, 2.24) is 5.32 Å². The molecule has 1 aromatic carbocycles. The molecule has 2 rings (SSSR count). The third-order valence-corrected chi connectivity index (χ3v) is 2.81. The highest BCUT2D eigenvalue weighted by Crippen LogP contribution is 2.30. The van der Waals surface area contributed by atoms with Crippen LogP contribution in [0.25, 0.3) is 0 Å². The Bertz CT molecular complexity index is 450. The fourth-order valence-corrected chi connectivity index (χ4v) is 1.77. The predicted molar refractivity (Wildman–Crippen MR) is 69.0 cm³/mol. The molecular weight excluding hydrogens is 248 g/mol. The van der Waals surface area contributed by atoms with Crippen LogP contribution in [-0.2, 0) is 11.3 Å². The number of aliphatic hydroxyl groups excluding tert-OH is 1. The molecule has 0 radical (unpaired) electrons. The molecule has 0 saturated carbocycles. The summed E-state index contributed by atoms with van der Waals surface area (Å²) < 4.78 is 11.1. The lowest BCUT2D eigenvalue weighted by Gasteiger charge is -2.11. The molecule has 1 aliphatic rings. The van der Waals surface area contributed by atoms with E-state index in [2.05, 4.69) is 5.32 Å². The zero-order valence-electron chi connectivity index (χ0n) is 10.6. The molecule has 1 unspecified atom stereocenters. The summed E-state index contributed by atoms with van der Waals surface area (Å²) in [7, 11) is 0. The summed E-state index contributed by atoms with van der Waals surface area (Å²) in [6, 6.07) is 5.67. The highest BCUT2D eigenvalue weighted by atomic mass is 16.5. The van der Waals surface area contributed by atoms with Crippen molar-refractivity contribution in [3.8, 4) is 11.5 Å². The van der Waals surface area contributed by atoms with E-state index in [1.807, 2.05) is 18.2 Å². The number of rotatable bonds is 5. The second-order valence-corrected chi connectivity index (χ2v) is 4.38. The van der Waals surface area contributed by atoms with Gasteiger partial charge >= 0.3 is 0 Å². The second kappa shape index (κ2) is 6.40. The van der Waals surface area contributed by atoms with Gasteiger partial charge in [0.15, 0.2) is 11.5 Å². The van der Waals surface area contributed by atoms with E-state index in [4.69, 9.17) is 15.2 Å². The maximum atomic E-state index is 10.7. The fourth-order valence-electron chi connectivity index (χ4n) is 1.77. The van der Waals surface area contributed by atoms with Gasteiger partial charge in [0.25, 0.3) is 0 Å². The lowest BCUT2D eigenvalue weighted by Crippen LogP contribution is -2.37. The molecule has 104 valence electrons. The van der Waals surface area contributed by atoms with Gasteiger partial charge in [-0.3, -0.25) is 4.79 Å². The molecule has 0 fully saturated rings. The van der Waals surface area contributed by atoms with Gasteiger partial charge in [-0.15, -0.1) is 0 Å². The Morgan fingerprint density at radius 3 is 2.84 bits per heavy atom. The largest absolute Gasteiger partial charge is 0.490 e. The van der Waals surface area contributed by atoms with E-state index >= 15 is 0 Å². The zero-order valence-corrected chi connectivity index (χ0v) is 10.6. The summed E-state index contributed by atoms with van der Waals surface area (Å²) in [4.78, 5) is 10.7. The van der Waals surface area contributed by atoms with Crippen LogP contribution in [-0.4, -0.2) is 36.9 Å². The number of carbonyl (C=O) groups excluding carboxylic acids is 1. The van der Waals surface area contributed by atoms with Crippen LogP contribution in [0.2, 0.25) is 0 Å². The lowest BCUT2D eigenvalue weighted by atomic mass is 10.2. The van der Waals surface area contributed by atoms with Crippen molar-refractivity contribution >= 4 is 5.91 Å². The molecule has 1 heterocycles. The molecule has 4 N–H and O–H groups in total. The fraction of sp³-hybridized carbons (Fsp3) is 0.462. The topological polar surface area (TPSA) is 93.8 Å². The normalized spacial score (nSPS) is 15.6. The third kappa shape index (κ3) is 3.84. The van der Waals surface area contributed by atoms with Crippen molar-refractivity contribution in [3.05, 3.63) is 23.8 Å². The van der Waals surface area contributed by atoms with Gasteiger partial charge in [0.2, 0.25) is 5.91 Å².